The van der Waals surface area contributed by atoms with Crippen LogP contribution in [0.1, 0.15) is 42.2 Å². The first-order valence-corrected chi connectivity index (χ1v) is 9.71. The van der Waals surface area contributed by atoms with Crippen molar-refractivity contribution < 1.29 is 9.53 Å². The zero-order valence-electron chi connectivity index (χ0n) is 14.9. The van der Waals surface area contributed by atoms with Gasteiger partial charge >= 0.3 is 0 Å². The molecule has 134 valence electrons. The molecule has 2 heterocycles. The number of carbonyl (C=O) groups excluding carboxylic acids is 1. The predicted octanol–water partition coefficient (Wildman–Crippen LogP) is 4.32. The van der Waals surface area contributed by atoms with Gasteiger partial charge in [-0.2, -0.15) is 0 Å². The zero-order chi connectivity index (χ0) is 18.1. The molecular formula is C20H21N3O2S. The molecule has 2 aromatic heterocycles. The third-order valence-electron chi connectivity index (χ3n) is 4.67. The molecular weight excluding hydrogens is 346 g/mol. The van der Waals surface area contributed by atoms with Crippen LogP contribution in [0.3, 0.4) is 0 Å². The summed E-state index contributed by atoms with van der Waals surface area (Å²) in [5.74, 6) is 0.788. The Labute approximate surface area is 156 Å². The first-order valence-electron chi connectivity index (χ1n) is 8.89. The molecule has 4 rings (SSSR count). The topological polar surface area (TPSA) is 64.1 Å². The third-order valence-corrected chi connectivity index (χ3v) is 5.87. The summed E-state index contributed by atoms with van der Waals surface area (Å²) in [5.41, 5.74) is 3.31. The maximum atomic E-state index is 12.2. The number of ether oxygens (including phenoxy) is 1. The van der Waals surface area contributed by atoms with Crippen molar-refractivity contribution >= 4 is 33.1 Å². The number of fused-ring (bicyclic) bond motifs is 3. The number of aromatic nitrogens is 2. The van der Waals surface area contributed by atoms with Crippen LogP contribution in [-0.4, -0.2) is 22.5 Å². The number of hydrogen-bond donors (Lipinski definition) is 1. The summed E-state index contributed by atoms with van der Waals surface area (Å²) in [6.07, 6.45) is 4.81. The molecule has 1 aliphatic carbocycles. The van der Waals surface area contributed by atoms with Gasteiger partial charge in [-0.25, -0.2) is 9.97 Å². The van der Waals surface area contributed by atoms with Gasteiger partial charge in [-0.1, -0.05) is 26.0 Å². The first-order chi connectivity index (χ1) is 12.6. The highest BCUT2D eigenvalue weighted by molar-refractivity contribution is 7.18. The molecule has 0 spiro atoms. The van der Waals surface area contributed by atoms with E-state index in [4.69, 9.17) is 4.74 Å². The van der Waals surface area contributed by atoms with Gasteiger partial charge in [0.15, 0.2) is 6.61 Å². The summed E-state index contributed by atoms with van der Waals surface area (Å²) >= 11 is 1.71. The van der Waals surface area contributed by atoms with Crippen molar-refractivity contribution in [2.75, 3.05) is 11.9 Å². The van der Waals surface area contributed by atoms with E-state index in [2.05, 4.69) is 29.1 Å². The van der Waals surface area contributed by atoms with Crippen LogP contribution < -0.4 is 10.1 Å². The largest absolute Gasteiger partial charge is 0.467 e. The number of aryl methyl sites for hydroxylation is 2. The fourth-order valence-corrected chi connectivity index (χ4v) is 4.51. The van der Waals surface area contributed by atoms with E-state index in [1.807, 2.05) is 24.3 Å². The Morgan fingerprint density at radius 3 is 2.81 bits per heavy atom. The summed E-state index contributed by atoms with van der Waals surface area (Å²) in [6, 6.07) is 7.90. The molecule has 1 aromatic carbocycles. The molecule has 0 atom stereocenters. The highest BCUT2D eigenvalue weighted by Gasteiger charge is 2.22. The number of anilines is 1. The molecule has 6 heteroatoms. The number of rotatable bonds is 5. The van der Waals surface area contributed by atoms with Gasteiger partial charge in [0.05, 0.1) is 5.39 Å². The second-order valence-corrected chi connectivity index (χ2v) is 7.91. The molecule has 0 fully saturated rings. The Bertz CT molecular complexity index is 948. The van der Waals surface area contributed by atoms with Gasteiger partial charge in [0.1, 0.15) is 11.2 Å². The number of benzene rings is 1. The van der Waals surface area contributed by atoms with Gasteiger partial charge in [0.25, 0.3) is 5.91 Å². The van der Waals surface area contributed by atoms with Gasteiger partial charge in [-0.15, -0.1) is 11.3 Å². The summed E-state index contributed by atoms with van der Waals surface area (Å²) in [4.78, 5) is 23.2. The van der Waals surface area contributed by atoms with Crippen molar-refractivity contribution in [1.29, 1.82) is 0 Å². The Morgan fingerprint density at radius 2 is 2.04 bits per heavy atom. The Hall–Kier alpha value is -2.47. The number of nitrogens with one attached hydrogen (secondary N) is 1. The first kappa shape index (κ1) is 17.0. The highest BCUT2D eigenvalue weighted by atomic mass is 32.1. The SMILES string of the molecule is CC(C)c1ccc(NC(=O)COc2ncnc3sc4c(c23)CCC4)cc1. The average Bonchev–Trinajstić information content (AvgIpc) is 3.21. The molecule has 3 aromatic rings. The summed E-state index contributed by atoms with van der Waals surface area (Å²) in [7, 11) is 0. The maximum absolute atomic E-state index is 12.2. The quantitative estimate of drug-likeness (QED) is 0.729. The predicted molar refractivity (Wildman–Crippen MR) is 104 cm³/mol. The summed E-state index contributed by atoms with van der Waals surface area (Å²) in [5, 5.41) is 3.85. The molecule has 0 radical (unpaired) electrons. The van der Waals surface area contributed by atoms with Crippen LogP contribution in [0, 0.1) is 0 Å². The minimum absolute atomic E-state index is 0.0668. The molecule has 0 unspecified atom stereocenters. The number of carbonyl (C=O) groups is 1. The van der Waals surface area contributed by atoms with Gasteiger partial charge in [0.2, 0.25) is 5.88 Å². The Morgan fingerprint density at radius 1 is 1.23 bits per heavy atom. The van der Waals surface area contributed by atoms with E-state index in [0.29, 0.717) is 11.8 Å². The second kappa shape index (κ2) is 7.03. The lowest BCUT2D eigenvalue weighted by Gasteiger charge is -2.10. The van der Waals surface area contributed by atoms with E-state index in [0.717, 1.165) is 35.2 Å². The fourth-order valence-electron chi connectivity index (χ4n) is 3.29. The van der Waals surface area contributed by atoms with E-state index < -0.39 is 0 Å². The maximum Gasteiger partial charge on any atom is 0.262 e. The van der Waals surface area contributed by atoms with E-state index in [9.17, 15) is 4.79 Å². The van der Waals surface area contributed by atoms with E-state index >= 15 is 0 Å². The van der Waals surface area contributed by atoms with Gasteiger partial charge in [-0.05, 0) is 48.4 Å². The molecule has 1 amide bonds. The summed E-state index contributed by atoms with van der Waals surface area (Å²) < 4.78 is 5.74. The molecule has 0 saturated heterocycles. The molecule has 0 bridgehead atoms. The lowest BCUT2D eigenvalue weighted by molar-refractivity contribution is -0.118. The average molecular weight is 367 g/mol. The number of amides is 1. The van der Waals surface area contributed by atoms with Crippen LogP contribution in [0.5, 0.6) is 5.88 Å². The smallest absolute Gasteiger partial charge is 0.262 e. The highest BCUT2D eigenvalue weighted by Crippen LogP contribution is 2.39. The minimum Gasteiger partial charge on any atom is -0.467 e. The molecule has 1 N–H and O–H groups in total. The van der Waals surface area contributed by atoms with Gasteiger partial charge in [0, 0.05) is 10.6 Å². The van der Waals surface area contributed by atoms with E-state index in [1.54, 1.807) is 11.3 Å². The van der Waals surface area contributed by atoms with E-state index in [-0.39, 0.29) is 12.5 Å². The number of thiophene rings is 1. The van der Waals surface area contributed by atoms with E-state index in [1.165, 1.54) is 22.3 Å². The summed E-state index contributed by atoms with van der Waals surface area (Å²) in [6.45, 7) is 4.22. The van der Waals surface area contributed by atoms with Crippen molar-refractivity contribution in [2.24, 2.45) is 0 Å². The zero-order valence-corrected chi connectivity index (χ0v) is 15.7. The monoisotopic (exact) mass is 367 g/mol. The van der Waals surface area contributed by atoms with Crippen LogP contribution in [0.4, 0.5) is 5.69 Å². The van der Waals surface area contributed by atoms with Crippen LogP contribution in [-0.2, 0) is 17.6 Å². The molecule has 5 nitrogen and oxygen atoms in total. The lowest BCUT2D eigenvalue weighted by Crippen LogP contribution is -2.20. The fraction of sp³-hybridized carbons (Fsp3) is 0.350. The standard InChI is InChI=1S/C20H21N3O2S/c1-12(2)13-6-8-14(9-7-13)23-17(24)10-25-19-18-15-4-3-5-16(15)26-20(18)22-11-21-19/h6-9,11-12H,3-5,10H2,1-2H3,(H,23,24). The molecule has 26 heavy (non-hydrogen) atoms. The van der Waals surface area contributed by atoms with Gasteiger partial charge < -0.3 is 10.1 Å². The number of hydrogen-bond acceptors (Lipinski definition) is 5. The van der Waals surface area contributed by atoms with Crippen molar-refractivity contribution in [2.45, 2.75) is 39.0 Å². The Kier molecular flexibility index (Phi) is 4.59. The Balaban J connectivity index is 1.44. The molecule has 0 aliphatic heterocycles. The van der Waals surface area contributed by atoms with Crippen LogP contribution in [0.25, 0.3) is 10.2 Å². The van der Waals surface area contributed by atoms with Crippen molar-refractivity contribution in [1.82, 2.24) is 9.97 Å². The van der Waals surface area contributed by atoms with Crippen LogP contribution >= 0.6 is 11.3 Å². The molecule has 0 saturated carbocycles. The second-order valence-electron chi connectivity index (χ2n) is 6.83. The minimum atomic E-state index is -0.194. The van der Waals surface area contributed by atoms with Crippen molar-refractivity contribution in [3.8, 4) is 5.88 Å². The van der Waals surface area contributed by atoms with Gasteiger partial charge in [-0.3, -0.25) is 4.79 Å². The normalized spacial score (nSPS) is 13.2. The number of nitrogens with zero attached hydrogens (tertiary/aromatic N) is 2. The van der Waals surface area contributed by atoms with Crippen molar-refractivity contribution in [3.05, 3.63) is 46.6 Å². The van der Waals surface area contributed by atoms with Crippen molar-refractivity contribution in [3.63, 3.8) is 0 Å². The van der Waals surface area contributed by atoms with Crippen LogP contribution in [0.15, 0.2) is 30.6 Å². The van der Waals surface area contributed by atoms with Crippen LogP contribution in [0.2, 0.25) is 0 Å². The molecule has 1 aliphatic rings. The third kappa shape index (κ3) is 3.29. The lowest BCUT2D eigenvalue weighted by atomic mass is 10.0.